The molecule has 0 bridgehead atoms. The van der Waals surface area contributed by atoms with E-state index in [1.54, 1.807) is 11.3 Å². The molecule has 17 heavy (non-hydrogen) atoms. The molecule has 1 aliphatic rings. The molecule has 1 saturated heterocycles. The smallest absolute Gasteiger partial charge is 0.0941 e. The first-order valence-corrected chi connectivity index (χ1v) is 7.46. The van der Waals surface area contributed by atoms with Crippen LogP contribution in [0.4, 0.5) is 0 Å². The van der Waals surface area contributed by atoms with Crippen LogP contribution in [0.15, 0.2) is 5.38 Å². The lowest BCUT2D eigenvalue weighted by Gasteiger charge is -2.35. The molecule has 0 radical (unpaired) electrons. The first-order valence-electron chi connectivity index (χ1n) is 6.04. The standard InChI is InChI=1S/C12H19ClN2OS/c1-9-6-15(7-10(2)16-9)4-3-12-14-11(5-13)8-17-12/h8-10H,3-7H2,1-2H3/t9-,10+. The Morgan fingerprint density at radius 3 is 2.76 bits per heavy atom. The molecule has 2 rings (SSSR count). The molecule has 1 aromatic rings. The summed E-state index contributed by atoms with van der Waals surface area (Å²) >= 11 is 7.46. The molecule has 96 valence electrons. The number of morpholine rings is 1. The lowest BCUT2D eigenvalue weighted by atomic mass is 10.2. The first-order chi connectivity index (χ1) is 8.17. The Morgan fingerprint density at radius 1 is 1.47 bits per heavy atom. The fraction of sp³-hybridized carbons (Fsp3) is 0.750. The van der Waals surface area contributed by atoms with Crippen LogP contribution in [0, 0.1) is 0 Å². The number of nitrogens with zero attached hydrogens (tertiary/aromatic N) is 2. The van der Waals surface area contributed by atoms with Gasteiger partial charge in [0.05, 0.1) is 28.8 Å². The third kappa shape index (κ3) is 3.91. The highest BCUT2D eigenvalue weighted by Crippen LogP contribution is 2.15. The van der Waals surface area contributed by atoms with Crippen LogP contribution >= 0.6 is 22.9 Å². The van der Waals surface area contributed by atoms with Gasteiger partial charge in [-0.05, 0) is 13.8 Å². The van der Waals surface area contributed by atoms with Gasteiger partial charge in [-0.1, -0.05) is 0 Å². The third-order valence-corrected chi connectivity index (χ3v) is 4.10. The molecule has 0 spiro atoms. The average molecular weight is 275 g/mol. The maximum Gasteiger partial charge on any atom is 0.0941 e. The monoisotopic (exact) mass is 274 g/mol. The molecule has 3 nitrogen and oxygen atoms in total. The predicted octanol–water partition coefficient (Wildman–Crippen LogP) is 2.53. The van der Waals surface area contributed by atoms with Crippen LogP contribution in [0.3, 0.4) is 0 Å². The van der Waals surface area contributed by atoms with Crippen molar-refractivity contribution in [1.82, 2.24) is 9.88 Å². The molecule has 1 aromatic heterocycles. The Bertz CT molecular complexity index is 348. The van der Waals surface area contributed by atoms with Gasteiger partial charge in [-0.2, -0.15) is 0 Å². The molecular weight excluding hydrogens is 256 g/mol. The molecule has 2 atom stereocenters. The van der Waals surface area contributed by atoms with Gasteiger partial charge in [0.25, 0.3) is 0 Å². The summed E-state index contributed by atoms with van der Waals surface area (Å²) in [7, 11) is 0. The minimum Gasteiger partial charge on any atom is -0.373 e. The summed E-state index contributed by atoms with van der Waals surface area (Å²) in [5.41, 5.74) is 0.996. The minimum atomic E-state index is 0.341. The van der Waals surface area contributed by atoms with E-state index in [9.17, 15) is 0 Å². The number of ether oxygens (including phenoxy) is 1. The molecule has 0 unspecified atom stereocenters. The number of halogens is 1. The third-order valence-electron chi connectivity index (χ3n) is 2.87. The molecule has 0 aromatic carbocycles. The largest absolute Gasteiger partial charge is 0.373 e. The van der Waals surface area contributed by atoms with Gasteiger partial charge in [0.2, 0.25) is 0 Å². The van der Waals surface area contributed by atoms with Gasteiger partial charge in [-0.15, -0.1) is 22.9 Å². The second-order valence-corrected chi connectivity index (χ2v) is 5.84. The van der Waals surface area contributed by atoms with E-state index in [0.29, 0.717) is 18.1 Å². The maximum atomic E-state index is 5.74. The van der Waals surface area contributed by atoms with Crippen LogP contribution in [0.2, 0.25) is 0 Å². The topological polar surface area (TPSA) is 25.4 Å². The number of rotatable bonds is 4. The first kappa shape index (κ1) is 13.3. The summed E-state index contributed by atoms with van der Waals surface area (Å²) in [5.74, 6) is 0.516. The van der Waals surface area contributed by atoms with Gasteiger partial charge >= 0.3 is 0 Å². The lowest BCUT2D eigenvalue weighted by Crippen LogP contribution is -2.46. The van der Waals surface area contributed by atoms with Gasteiger partial charge in [0.1, 0.15) is 0 Å². The van der Waals surface area contributed by atoms with Crippen molar-refractivity contribution < 1.29 is 4.74 Å². The number of aromatic nitrogens is 1. The van der Waals surface area contributed by atoms with Crippen molar-refractivity contribution >= 4 is 22.9 Å². The molecule has 2 heterocycles. The zero-order valence-corrected chi connectivity index (χ0v) is 11.9. The molecule has 0 amide bonds. The van der Waals surface area contributed by atoms with E-state index in [4.69, 9.17) is 16.3 Å². The molecule has 5 heteroatoms. The Morgan fingerprint density at radius 2 is 2.18 bits per heavy atom. The van der Waals surface area contributed by atoms with Crippen LogP contribution < -0.4 is 0 Å². The van der Waals surface area contributed by atoms with E-state index < -0.39 is 0 Å². The Kier molecular flexibility index (Phi) is 4.79. The quantitative estimate of drug-likeness (QED) is 0.789. The maximum absolute atomic E-state index is 5.74. The van der Waals surface area contributed by atoms with Crippen LogP contribution in [0.1, 0.15) is 24.5 Å². The molecule has 0 saturated carbocycles. The minimum absolute atomic E-state index is 0.341. The van der Waals surface area contributed by atoms with Crippen LogP contribution in [-0.4, -0.2) is 41.7 Å². The molecule has 0 aliphatic carbocycles. The molecule has 1 fully saturated rings. The summed E-state index contributed by atoms with van der Waals surface area (Å²) in [5, 5.41) is 3.24. The van der Waals surface area contributed by atoms with Crippen LogP contribution in [0.5, 0.6) is 0 Å². The van der Waals surface area contributed by atoms with Crippen molar-refractivity contribution in [3.8, 4) is 0 Å². The highest BCUT2D eigenvalue weighted by molar-refractivity contribution is 7.09. The molecule has 0 N–H and O–H groups in total. The van der Waals surface area contributed by atoms with E-state index >= 15 is 0 Å². The normalized spacial score (nSPS) is 26.3. The second-order valence-electron chi connectivity index (χ2n) is 4.63. The predicted molar refractivity (Wildman–Crippen MR) is 71.8 cm³/mol. The molecule has 1 aliphatic heterocycles. The van der Waals surface area contributed by atoms with Gasteiger partial charge in [0.15, 0.2) is 0 Å². The summed E-state index contributed by atoms with van der Waals surface area (Å²) < 4.78 is 5.72. The Labute approximate surface area is 112 Å². The van der Waals surface area contributed by atoms with Crippen molar-refractivity contribution in [2.45, 2.75) is 38.4 Å². The SMILES string of the molecule is C[C@@H]1CN(CCc2nc(CCl)cs2)C[C@H](C)O1. The van der Waals surface area contributed by atoms with Gasteiger partial charge in [0, 0.05) is 31.4 Å². The highest BCUT2D eigenvalue weighted by Gasteiger charge is 2.21. The lowest BCUT2D eigenvalue weighted by molar-refractivity contribution is -0.0675. The summed E-state index contributed by atoms with van der Waals surface area (Å²) in [6.07, 6.45) is 1.70. The average Bonchev–Trinajstić information content (AvgIpc) is 2.73. The Hall–Kier alpha value is -0.160. The van der Waals surface area contributed by atoms with Crippen LogP contribution in [-0.2, 0) is 17.0 Å². The van der Waals surface area contributed by atoms with E-state index in [0.717, 1.165) is 31.7 Å². The fourth-order valence-electron chi connectivity index (χ4n) is 2.25. The number of hydrogen-bond donors (Lipinski definition) is 0. The number of thiazole rings is 1. The zero-order chi connectivity index (χ0) is 12.3. The number of hydrogen-bond acceptors (Lipinski definition) is 4. The zero-order valence-electron chi connectivity index (χ0n) is 10.4. The highest BCUT2D eigenvalue weighted by atomic mass is 35.5. The van der Waals surface area contributed by atoms with E-state index in [2.05, 4.69) is 23.7 Å². The van der Waals surface area contributed by atoms with E-state index in [1.165, 1.54) is 5.01 Å². The van der Waals surface area contributed by atoms with Gasteiger partial charge < -0.3 is 4.74 Å². The summed E-state index contributed by atoms with van der Waals surface area (Å²) in [6, 6.07) is 0. The van der Waals surface area contributed by atoms with Gasteiger partial charge in [-0.3, -0.25) is 4.90 Å². The van der Waals surface area contributed by atoms with Crippen molar-refractivity contribution in [2.75, 3.05) is 19.6 Å². The summed E-state index contributed by atoms with van der Waals surface area (Å²) in [6.45, 7) is 7.39. The fourth-order valence-corrected chi connectivity index (χ4v) is 3.26. The van der Waals surface area contributed by atoms with E-state index in [-0.39, 0.29) is 0 Å². The van der Waals surface area contributed by atoms with Crippen molar-refractivity contribution in [3.05, 3.63) is 16.1 Å². The summed E-state index contributed by atoms with van der Waals surface area (Å²) in [4.78, 5) is 6.94. The number of alkyl halides is 1. The Balaban J connectivity index is 1.81. The second kappa shape index (κ2) is 6.14. The van der Waals surface area contributed by atoms with Crippen LogP contribution in [0.25, 0.3) is 0 Å². The van der Waals surface area contributed by atoms with Crippen molar-refractivity contribution in [3.63, 3.8) is 0 Å². The van der Waals surface area contributed by atoms with Crippen molar-refractivity contribution in [2.24, 2.45) is 0 Å². The van der Waals surface area contributed by atoms with Gasteiger partial charge in [-0.25, -0.2) is 4.98 Å². The van der Waals surface area contributed by atoms with Crippen molar-refractivity contribution in [1.29, 1.82) is 0 Å². The molecular formula is C12H19ClN2OS. The van der Waals surface area contributed by atoms with E-state index in [1.807, 2.05) is 5.38 Å².